The topological polar surface area (TPSA) is 65.2 Å². The number of hydrogen-bond donors (Lipinski definition) is 0. The number of benzene rings is 1. The zero-order valence-electron chi connectivity index (χ0n) is 10.9. The lowest BCUT2D eigenvalue weighted by Gasteiger charge is -2.10. The molecule has 0 fully saturated rings. The highest BCUT2D eigenvalue weighted by atomic mass is 19.4. The van der Waals surface area contributed by atoms with Gasteiger partial charge >= 0.3 is 6.18 Å². The number of methoxy groups -OCH3 is 1. The fourth-order valence-electron chi connectivity index (χ4n) is 1.70. The van der Waals surface area contributed by atoms with Gasteiger partial charge in [0.15, 0.2) is 0 Å². The molecule has 0 saturated carbocycles. The van der Waals surface area contributed by atoms with Gasteiger partial charge in [0.05, 0.1) is 6.42 Å². The summed E-state index contributed by atoms with van der Waals surface area (Å²) < 4.78 is 46.4. The van der Waals surface area contributed by atoms with E-state index in [-0.39, 0.29) is 5.82 Å². The van der Waals surface area contributed by atoms with Gasteiger partial charge in [-0.3, -0.25) is 4.79 Å². The van der Waals surface area contributed by atoms with Crippen LogP contribution in [0.15, 0.2) is 34.9 Å². The van der Waals surface area contributed by atoms with E-state index in [9.17, 15) is 18.0 Å². The molecule has 5 nitrogen and oxygen atoms in total. The van der Waals surface area contributed by atoms with E-state index < -0.39 is 30.4 Å². The molecule has 0 spiro atoms. The normalized spacial score (nSPS) is 13.1. The maximum absolute atomic E-state index is 12.2. The van der Waals surface area contributed by atoms with Crippen LogP contribution >= 0.6 is 0 Å². The van der Waals surface area contributed by atoms with Gasteiger partial charge in [0.1, 0.15) is 6.10 Å². The molecule has 21 heavy (non-hydrogen) atoms. The smallest absolute Gasteiger partial charge is 0.369 e. The number of carbonyl (C=O) groups is 1. The van der Waals surface area contributed by atoms with E-state index >= 15 is 0 Å². The first-order valence-electron chi connectivity index (χ1n) is 5.92. The van der Waals surface area contributed by atoms with E-state index in [1.165, 1.54) is 7.11 Å². The highest BCUT2D eigenvalue weighted by molar-refractivity contribution is 5.85. The number of aromatic nitrogens is 2. The minimum absolute atomic E-state index is 0.0636. The molecule has 1 heterocycles. The lowest BCUT2D eigenvalue weighted by Crippen LogP contribution is -2.24. The van der Waals surface area contributed by atoms with Gasteiger partial charge in [0.25, 0.3) is 0 Å². The summed E-state index contributed by atoms with van der Waals surface area (Å²) in [6.07, 6.45) is -6.58. The third-order valence-corrected chi connectivity index (χ3v) is 2.68. The van der Waals surface area contributed by atoms with Crippen LogP contribution in [0.1, 0.15) is 23.4 Å². The van der Waals surface area contributed by atoms with Crippen molar-refractivity contribution < 1.29 is 27.2 Å². The molecule has 1 unspecified atom stereocenters. The Morgan fingerprint density at radius 1 is 1.33 bits per heavy atom. The van der Waals surface area contributed by atoms with Crippen molar-refractivity contribution in [2.24, 2.45) is 0 Å². The summed E-state index contributed by atoms with van der Waals surface area (Å²) in [5.74, 6) is -2.27. The number of nitrogens with zero attached hydrogens (tertiary/aromatic N) is 2. The van der Waals surface area contributed by atoms with Gasteiger partial charge < -0.3 is 9.26 Å². The molecule has 0 radical (unpaired) electrons. The molecule has 0 saturated heterocycles. The van der Waals surface area contributed by atoms with Crippen LogP contribution in [0.4, 0.5) is 13.2 Å². The Balaban J connectivity index is 2.17. The molecule has 0 amide bonds. The molecule has 0 aliphatic heterocycles. The largest absolute Gasteiger partial charge is 0.450 e. The van der Waals surface area contributed by atoms with Gasteiger partial charge in [-0.25, -0.2) is 0 Å². The minimum Gasteiger partial charge on any atom is -0.369 e. The lowest BCUT2D eigenvalue weighted by molar-refractivity contribution is -0.170. The summed E-state index contributed by atoms with van der Waals surface area (Å²) in [6, 6.07) is 8.86. The fraction of sp³-hybridized carbons (Fsp3) is 0.308. The van der Waals surface area contributed by atoms with Gasteiger partial charge in [0.2, 0.25) is 17.5 Å². The molecule has 2 rings (SSSR count). The number of rotatable bonds is 5. The van der Waals surface area contributed by atoms with Crippen LogP contribution in [0.5, 0.6) is 0 Å². The number of alkyl halides is 3. The van der Waals surface area contributed by atoms with Crippen molar-refractivity contribution in [3.8, 4) is 0 Å². The molecule has 1 aromatic heterocycles. The number of ether oxygens (including phenoxy) is 1. The number of hydrogen-bond acceptors (Lipinski definition) is 5. The van der Waals surface area contributed by atoms with E-state index in [1.807, 2.05) is 0 Å². The van der Waals surface area contributed by atoms with Crippen molar-refractivity contribution in [3.05, 3.63) is 47.6 Å². The maximum atomic E-state index is 12.2. The van der Waals surface area contributed by atoms with E-state index in [4.69, 9.17) is 4.74 Å². The number of carbonyl (C=O) groups excluding carboxylic acids is 1. The van der Waals surface area contributed by atoms with Crippen molar-refractivity contribution in [2.45, 2.75) is 18.7 Å². The molecule has 1 atom stereocenters. The second-order valence-corrected chi connectivity index (χ2v) is 4.17. The van der Waals surface area contributed by atoms with Gasteiger partial charge in [-0.1, -0.05) is 35.5 Å². The molecule has 0 N–H and O–H groups in total. The summed E-state index contributed by atoms with van der Waals surface area (Å²) in [6.45, 7) is 0. The quantitative estimate of drug-likeness (QED) is 0.848. The Morgan fingerprint density at radius 3 is 2.57 bits per heavy atom. The van der Waals surface area contributed by atoms with Crippen molar-refractivity contribution in [1.29, 1.82) is 0 Å². The van der Waals surface area contributed by atoms with Crippen molar-refractivity contribution in [2.75, 3.05) is 7.11 Å². The second kappa shape index (κ2) is 6.04. The highest BCUT2D eigenvalue weighted by Crippen LogP contribution is 2.23. The van der Waals surface area contributed by atoms with Crippen LogP contribution in [-0.4, -0.2) is 29.2 Å². The summed E-state index contributed by atoms with van der Waals surface area (Å²) in [7, 11) is 1.41. The van der Waals surface area contributed by atoms with Gasteiger partial charge in [-0.05, 0) is 5.56 Å². The minimum atomic E-state index is -4.92. The monoisotopic (exact) mass is 300 g/mol. The summed E-state index contributed by atoms with van der Waals surface area (Å²) >= 11 is 0. The van der Waals surface area contributed by atoms with E-state index in [1.54, 1.807) is 30.3 Å². The molecule has 0 aliphatic carbocycles. The third kappa shape index (κ3) is 3.66. The van der Waals surface area contributed by atoms with Crippen LogP contribution in [0.3, 0.4) is 0 Å². The summed E-state index contributed by atoms with van der Waals surface area (Å²) in [5, 5.41) is 3.57. The standard InChI is InChI=1S/C13H11F3N2O3/c1-20-11(8-5-3-2-4-6-8)12-17-10(21-18-12)7-9(19)13(14,15)16/h2-6,11H,7H2,1H3. The first-order chi connectivity index (χ1) is 9.91. The molecular weight excluding hydrogens is 289 g/mol. The van der Waals surface area contributed by atoms with Crippen LogP contribution in [0.2, 0.25) is 0 Å². The second-order valence-electron chi connectivity index (χ2n) is 4.17. The predicted octanol–water partition coefficient (Wildman–Crippen LogP) is 2.48. The first kappa shape index (κ1) is 15.2. The summed E-state index contributed by atoms with van der Waals surface area (Å²) in [4.78, 5) is 14.7. The van der Waals surface area contributed by atoms with Crippen molar-refractivity contribution in [3.63, 3.8) is 0 Å². The average molecular weight is 300 g/mol. The molecular formula is C13H11F3N2O3. The maximum Gasteiger partial charge on any atom is 0.450 e. The van der Waals surface area contributed by atoms with Gasteiger partial charge in [0, 0.05) is 7.11 Å². The Bertz CT molecular complexity index is 611. The zero-order valence-corrected chi connectivity index (χ0v) is 10.9. The Labute approximate surface area is 117 Å². The Morgan fingerprint density at radius 2 is 2.00 bits per heavy atom. The zero-order chi connectivity index (χ0) is 15.5. The number of Topliss-reactive ketones (excluding diaryl/α,β-unsaturated/α-hetero) is 1. The highest BCUT2D eigenvalue weighted by Gasteiger charge is 2.39. The number of halogens is 3. The molecule has 0 aliphatic rings. The van der Waals surface area contributed by atoms with Gasteiger partial charge in [-0.15, -0.1) is 0 Å². The third-order valence-electron chi connectivity index (χ3n) is 2.68. The molecule has 0 bridgehead atoms. The van der Waals surface area contributed by atoms with E-state index in [0.717, 1.165) is 5.56 Å². The van der Waals surface area contributed by atoms with Crippen molar-refractivity contribution >= 4 is 5.78 Å². The average Bonchev–Trinajstić information content (AvgIpc) is 2.88. The van der Waals surface area contributed by atoms with Crippen LogP contribution < -0.4 is 0 Å². The Hall–Kier alpha value is -2.22. The molecule has 1 aromatic carbocycles. The van der Waals surface area contributed by atoms with E-state index in [0.29, 0.717) is 0 Å². The molecule has 112 valence electrons. The lowest BCUT2D eigenvalue weighted by atomic mass is 10.1. The SMILES string of the molecule is COC(c1ccccc1)c1noc(CC(=O)C(F)(F)F)n1. The predicted molar refractivity (Wildman–Crippen MR) is 64.4 cm³/mol. The Kier molecular flexibility index (Phi) is 4.37. The molecule has 2 aromatic rings. The van der Waals surface area contributed by atoms with Crippen LogP contribution in [0.25, 0.3) is 0 Å². The van der Waals surface area contributed by atoms with Crippen molar-refractivity contribution in [1.82, 2.24) is 10.1 Å². The van der Waals surface area contributed by atoms with Gasteiger partial charge in [-0.2, -0.15) is 18.2 Å². The van der Waals surface area contributed by atoms with Crippen LogP contribution in [-0.2, 0) is 16.0 Å². The molecule has 8 heteroatoms. The first-order valence-corrected chi connectivity index (χ1v) is 5.92. The van der Waals surface area contributed by atoms with Crippen LogP contribution in [0, 0.1) is 0 Å². The fourth-order valence-corrected chi connectivity index (χ4v) is 1.70. The van der Waals surface area contributed by atoms with E-state index in [2.05, 4.69) is 14.7 Å². The summed E-state index contributed by atoms with van der Waals surface area (Å²) in [5.41, 5.74) is 0.717. The number of ketones is 1.